The van der Waals surface area contributed by atoms with Crippen molar-refractivity contribution < 1.29 is 18.9 Å². The van der Waals surface area contributed by atoms with E-state index in [-0.39, 0.29) is 0 Å². The molecule has 0 bridgehead atoms. The molecule has 2 saturated heterocycles. The SMILES string of the molecule is CC.CC.CC.CC.CCCC.c1ccc(OCC2CO2)cc1.c1ccc(OCC2CO2)cc1. The van der Waals surface area contributed by atoms with Crippen molar-refractivity contribution >= 4 is 0 Å². The lowest BCUT2D eigenvalue weighted by atomic mass is 10.3. The summed E-state index contributed by atoms with van der Waals surface area (Å²) in [6, 6.07) is 19.6. The molecule has 0 saturated carbocycles. The van der Waals surface area contributed by atoms with Gasteiger partial charge in [0.2, 0.25) is 0 Å². The first-order chi connectivity index (χ1) is 16.8. The minimum Gasteiger partial charge on any atom is -0.491 e. The first-order valence-corrected chi connectivity index (χ1v) is 13.4. The normalized spacial score (nSPS) is 15.4. The Bertz CT molecular complexity index is 513. The Morgan fingerprint density at radius 3 is 1.03 bits per heavy atom. The molecule has 0 radical (unpaired) electrons. The second-order valence-electron chi connectivity index (χ2n) is 6.16. The Hall–Kier alpha value is -2.04. The van der Waals surface area contributed by atoms with Gasteiger partial charge in [-0.25, -0.2) is 0 Å². The van der Waals surface area contributed by atoms with Crippen molar-refractivity contribution in [3.8, 4) is 11.5 Å². The van der Waals surface area contributed by atoms with Crippen LogP contribution in [0.25, 0.3) is 0 Å². The zero-order valence-electron chi connectivity index (χ0n) is 23.8. The molecule has 198 valence electrons. The number of para-hydroxylation sites is 2. The molecule has 2 heterocycles. The molecule has 4 nitrogen and oxygen atoms in total. The summed E-state index contributed by atoms with van der Waals surface area (Å²) in [6.07, 6.45) is 3.32. The first-order valence-electron chi connectivity index (χ1n) is 13.4. The van der Waals surface area contributed by atoms with Crippen LogP contribution in [-0.4, -0.2) is 38.6 Å². The predicted molar refractivity (Wildman–Crippen MR) is 149 cm³/mol. The maximum atomic E-state index is 5.40. The highest BCUT2D eigenvalue weighted by Gasteiger charge is 2.23. The van der Waals surface area contributed by atoms with Crippen molar-refractivity contribution in [3.63, 3.8) is 0 Å². The van der Waals surface area contributed by atoms with Crippen molar-refractivity contribution in [2.75, 3.05) is 26.4 Å². The van der Waals surface area contributed by atoms with E-state index in [2.05, 4.69) is 13.8 Å². The number of unbranched alkanes of at least 4 members (excludes halogenated alkanes) is 1. The van der Waals surface area contributed by atoms with Gasteiger partial charge in [0.15, 0.2) is 0 Å². The molecule has 2 aromatic carbocycles. The van der Waals surface area contributed by atoms with E-state index in [4.69, 9.17) is 18.9 Å². The molecule has 2 aliphatic rings. The van der Waals surface area contributed by atoms with Gasteiger partial charge in [0.05, 0.1) is 13.2 Å². The van der Waals surface area contributed by atoms with Gasteiger partial charge in [0, 0.05) is 0 Å². The molecular formula is C30H54O4. The average Bonchev–Trinajstić information content (AvgIpc) is 3.88. The van der Waals surface area contributed by atoms with E-state index >= 15 is 0 Å². The minimum atomic E-state index is 0.343. The Morgan fingerprint density at radius 1 is 0.559 bits per heavy atom. The van der Waals surface area contributed by atoms with Crippen LogP contribution in [0.3, 0.4) is 0 Å². The zero-order valence-corrected chi connectivity index (χ0v) is 23.8. The van der Waals surface area contributed by atoms with Gasteiger partial charge in [-0.05, 0) is 24.3 Å². The van der Waals surface area contributed by atoms with E-state index in [0.717, 1.165) is 24.7 Å². The number of hydrogen-bond donors (Lipinski definition) is 0. The second kappa shape index (κ2) is 31.0. The van der Waals surface area contributed by atoms with Crippen molar-refractivity contribution in [2.24, 2.45) is 0 Å². The Balaban J connectivity index is -0.000000393. The summed E-state index contributed by atoms with van der Waals surface area (Å²) >= 11 is 0. The van der Waals surface area contributed by atoms with E-state index in [9.17, 15) is 0 Å². The minimum absolute atomic E-state index is 0.343. The second-order valence-corrected chi connectivity index (χ2v) is 6.16. The van der Waals surface area contributed by atoms with Gasteiger partial charge in [0.25, 0.3) is 0 Å². The van der Waals surface area contributed by atoms with Crippen molar-refractivity contribution in [2.45, 2.75) is 94.3 Å². The van der Waals surface area contributed by atoms with Crippen LogP contribution < -0.4 is 9.47 Å². The lowest BCUT2D eigenvalue weighted by Crippen LogP contribution is -2.03. The highest BCUT2D eigenvalue weighted by Crippen LogP contribution is 2.14. The van der Waals surface area contributed by atoms with Crippen LogP contribution in [0, 0.1) is 0 Å². The highest BCUT2D eigenvalue weighted by molar-refractivity contribution is 5.21. The monoisotopic (exact) mass is 478 g/mol. The van der Waals surface area contributed by atoms with Crippen molar-refractivity contribution in [1.29, 1.82) is 0 Å². The smallest absolute Gasteiger partial charge is 0.119 e. The molecule has 0 spiro atoms. The molecule has 4 rings (SSSR count). The van der Waals surface area contributed by atoms with Gasteiger partial charge in [0.1, 0.15) is 36.9 Å². The summed E-state index contributed by atoms with van der Waals surface area (Å²) < 4.78 is 20.8. The van der Waals surface area contributed by atoms with Crippen LogP contribution in [0.1, 0.15) is 82.1 Å². The fourth-order valence-corrected chi connectivity index (χ4v) is 1.74. The number of epoxide rings is 2. The molecular weight excluding hydrogens is 424 g/mol. The van der Waals surface area contributed by atoms with Gasteiger partial charge in [-0.2, -0.15) is 0 Å². The van der Waals surface area contributed by atoms with Gasteiger partial charge in [-0.15, -0.1) is 0 Å². The maximum Gasteiger partial charge on any atom is 0.119 e. The summed E-state index contributed by atoms with van der Waals surface area (Å²) in [5, 5.41) is 0. The van der Waals surface area contributed by atoms with Crippen LogP contribution in [0.4, 0.5) is 0 Å². The quantitative estimate of drug-likeness (QED) is 0.373. The topological polar surface area (TPSA) is 43.5 Å². The molecule has 0 aliphatic carbocycles. The number of hydrogen-bond acceptors (Lipinski definition) is 4. The fraction of sp³-hybridized carbons (Fsp3) is 0.600. The average molecular weight is 479 g/mol. The first kappa shape index (κ1) is 36.5. The molecule has 2 aromatic rings. The van der Waals surface area contributed by atoms with Crippen LogP contribution in [0.5, 0.6) is 11.5 Å². The summed E-state index contributed by atoms with van der Waals surface area (Å²) in [5.74, 6) is 1.84. The van der Waals surface area contributed by atoms with Gasteiger partial charge < -0.3 is 18.9 Å². The zero-order chi connectivity index (χ0) is 26.5. The van der Waals surface area contributed by atoms with Gasteiger partial charge in [-0.1, -0.05) is 118 Å². The maximum absolute atomic E-state index is 5.40. The van der Waals surface area contributed by atoms with Crippen molar-refractivity contribution in [3.05, 3.63) is 60.7 Å². The molecule has 0 amide bonds. The predicted octanol–water partition coefficient (Wildman–Crippen LogP) is 8.84. The third-order valence-electron chi connectivity index (χ3n) is 3.66. The molecule has 34 heavy (non-hydrogen) atoms. The molecule has 2 atom stereocenters. The Labute approximate surface area is 212 Å². The molecule has 0 aromatic heterocycles. The Kier molecular flexibility index (Phi) is 33.3. The third-order valence-corrected chi connectivity index (χ3v) is 3.66. The number of rotatable bonds is 7. The molecule has 0 N–H and O–H groups in total. The number of ether oxygens (including phenoxy) is 4. The summed E-state index contributed by atoms with van der Waals surface area (Å²) in [4.78, 5) is 0. The molecule has 2 unspecified atom stereocenters. The summed E-state index contributed by atoms with van der Waals surface area (Å²) in [6.45, 7) is 23.4. The number of benzene rings is 2. The van der Waals surface area contributed by atoms with E-state index in [1.165, 1.54) is 12.8 Å². The van der Waals surface area contributed by atoms with E-state index in [0.29, 0.717) is 25.4 Å². The lowest BCUT2D eigenvalue weighted by molar-refractivity contribution is 0.263. The van der Waals surface area contributed by atoms with Gasteiger partial charge in [-0.3, -0.25) is 0 Å². The van der Waals surface area contributed by atoms with E-state index in [1.807, 2.05) is 116 Å². The third kappa shape index (κ3) is 26.2. The van der Waals surface area contributed by atoms with Crippen LogP contribution in [0.2, 0.25) is 0 Å². The Morgan fingerprint density at radius 2 is 0.824 bits per heavy atom. The molecule has 2 fully saturated rings. The van der Waals surface area contributed by atoms with Crippen LogP contribution >= 0.6 is 0 Å². The molecule has 4 heteroatoms. The van der Waals surface area contributed by atoms with Gasteiger partial charge >= 0.3 is 0 Å². The standard InChI is InChI=1S/2C9H10O2.C4H10.4C2H6/c2*1-2-4-8(5-3-1)10-6-9-7-11-9;1-3-4-2;4*1-2/h2*1-5,9H,6-7H2;3-4H2,1-2H3;4*1-2H3. The lowest BCUT2D eigenvalue weighted by Gasteiger charge is -2.01. The van der Waals surface area contributed by atoms with E-state index in [1.54, 1.807) is 0 Å². The largest absolute Gasteiger partial charge is 0.491 e. The van der Waals surface area contributed by atoms with Crippen LogP contribution in [0.15, 0.2) is 60.7 Å². The summed E-state index contributed by atoms with van der Waals surface area (Å²) in [5.41, 5.74) is 0. The summed E-state index contributed by atoms with van der Waals surface area (Å²) in [7, 11) is 0. The van der Waals surface area contributed by atoms with Crippen LogP contribution in [-0.2, 0) is 9.47 Å². The highest BCUT2D eigenvalue weighted by atomic mass is 16.6. The van der Waals surface area contributed by atoms with E-state index < -0.39 is 0 Å². The van der Waals surface area contributed by atoms with Crippen molar-refractivity contribution in [1.82, 2.24) is 0 Å². The fourth-order valence-electron chi connectivity index (χ4n) is 1.74. The molecule has 2 aliphatic heterocycles.